The predicted octanol–water partition coefficient (Wildman–Crippen LogP) is 2.93. The van der Waals surface area contributed by atoms with Crippen LogP contribution in [0.4, 0.5) is 0 Å². The van der Waals surface area contributed by atoms with Gasteiger partial charge in [0.05, 0.1) is 11.3 Å². The molecule has 8 heteroatoms. The number of hydrogen-bond donors (Lipinski definition) is 1. The molecule has 1 saturated carbocycles. The maximum absolute atomic E-state index is 12.3. The van der Waals surface area contributed by atoms with Gasteiger partial charge in [0.25, 0.3) is 5.91 Å². The molecule has 3 aromatic rings. The maximum atomic E-state index is 12.3. The topological polar surface area (TPSA) is 107 Å². The van der Waals surface area contributed by atoms with Crippen LogP contribution in [0.1, 0.15) is 53.5 Å². The summed E-state index contributed by atoms with van der Waals surface area (Å²) in [5.74, 6) is 1.85. The first-order valence-electron chi connectivity index (χ1n) is 9.49. The Morgan fingerprint density at radius 2 is 1.93 bits per heavy atom. The molecule has 144 valence electrons. The second-order valence-electron chi connectivity index (χ2n) is 7.13. The molecule has 1 amide bonds. The summed E-state index contributed by atoms with van der Waals surface area (Å²) >= 11 is 0. The summed E-state index contributed by atoms with van der Waals surface area (Å²) in [6.07, 6.45) is 10.4. The quantitative estimate of drug-likeness (QED) is 0.727. The Morgan fingerprint density at radius 3 is 2.68 bits per heavy atom. The van der Waals surface area contributed by atoms with Crippen molar-refractivity contribution in [2.75, 3.05) is 6.54 Å². The zero-order valence-corrected chi connectivity index (χ0v) is 15.7. The monoisotopic (exact) mass is 378 g/mol. The number of nitrogens with zero attached hydrogens (tertiary/aromatic N) is 5. The lowest BCUT2D eigenvalue weighted by molar-refractivity contribution is 0.0941. The van der Waals surface area contributed by atoms with Gasteiger partial charge in [-0.15, -0.1) is 10.2 Å². The van der Waals surface area contributed by atoms with Gasteiger partial charge in [-0.25, -0.2) is 9.97 Å². The van der Waals surface area contributed by atoms with Gasteiger partial charge in [0.15, 0.2) is 0 Å². The fourth-order valence-corrected chi connectivity index (χ4v) is 3.57. The molecule has 28 heavy (non-hydrogen) atoms. The molecule has 4 rings (SSSR count). The van der Waals surface area contributed by atoms with Crippen LogP contribution in [-0.4, -0.2) is 37.6 Å². The van der Waals surface area contributed by atoms with Crippen molar-refractivity contribution in [1.82, 2.24) is 30.5 Å². The van der Waals surface area contributed by atoms with Crippen molar-refractivity contribution in [1.29, 1.82) is 0 Å². The summed E-state index contributed by atoms with van der Waals surface area (Å²) in [6.45, 7) is 2.47. The lowest BCUT2D eigenvalue weighted by Crippen LogP contribution is -2.31. The van der Waals surface area contributed by atoms with Gasteiger partial charge in [-0.1, -0.05) is 0 Å². The summed E-state index contributed by atoms with van der Waals surface area (Å²) in [4.78, 5) is 24.3. The first-order chi connectivity index (χ1) is 13.7. The number of amides is 1. The number of aryl methyl sites for hydroxylation is 1. The molecule has 1 aliphatic carbocycles. The zero-order chi connectivity index (χ0) is 19.3. The maximum Gasteiger partial charge on any atom is 0.254 e. The number of aromatic nitrogens is 5. The molecule has 0 spiro atoms. The Kier molecular flexibility index (Phi) is 5.36. The van der Waals surface area contributed by atoms with Gasteiger partial charge in [0.1, 0.15) is 6.33 Å². The van der Waals surface area contributed by atoms with Gasteiger partial charge in [-0.3, -0.25) is 9.78 Å². The second-order valence-corrected chi connectivity index (χ2v) is 7.13. The molecule has 1 fully saturated rings. The van der Waals surface area contributed by atoms with Crippen LogP contribution in [0.2, 0.25) is 0 Å². The number of carbonyl (C=O) groups excluding carboxylic acids is 1. The lowest BCUT2D eigenvalue weighted by atomic mass is 9.82. The molecule has 3 heterocycles. The van der Waals surface area contributed by atoms with E-state index in [1.54, 1.807) is 18.6 Å². The third-order valence-corrected chi connectivity index (χ3v) is 5.27. The number of nitrogens with one attached hydrogen (secondary N) is 1. The Morgan fingerprint density at radius 1 is 1.14 bits per heavy atom. The molecule has 3 aromatic heterocycles. The number of rotatable bonds is 5. The lowest BCUT2D eigenvalue weighted by Gasteiger charge is -2.26. The molecule has 1 N–H and O–H groups in total. The molecule has 0 aliphatic heterocycles. The molecule has 1 aliphatic rings. The van der Waals surface area contributed by atoms with E-state index in [-0.39, 0.29) is 11.8 Å². The first kappa shape index (κ1) is 18.2. The van der Waals surface area contributed by atoms with E-state index < -0.39 is 0 Å². The van der Waals surface area contributed by atoms with E-state index in [4.69, 9.17) is 4.42 Å². The molecule has 0 radical (unpaired) electrons. The van der Waals surface area contributed by atoms with E-state index in [1.165, 1.54) is 6.33 Å². The van der Waals surface area contributed by atoms with Gasteiger partial charge < -0.3 is 9.73 Å². The number of hydrogen-bond acceptors (Lipinski definition) is 7. The highest BCUT2D eigenvalue weighted by molar-refractivity contribution is 5.94. The van der Waals surface area contributed by atoms with Crippen LogP contribution < -0.4 is 5.32 Å². The minimum Gasteiger partial charge on any atom is -0.420 e. The van der Waals surface area contributed by atoms with E-state index >= 15 is 0 Å². The third kappa shape index (κ3) is 4.05. The average Bonchev–Trinajstić information content (AvgIpc) is 3.24. The van der Waals surface area contributed by atoms with Crippen LogP contribution in [0.3, 0.4) is 0 Å². The van der Waals surface area contributed by atoms with E-state index in [9.17, 15) is 4.79 Å². The van der Waals surface area contributed by atoms with E-state index in [0.717, 1.165) is 31.2 Å². The van der Waals surface area contributed by atoms with Gasteiger partial charge >= 0.3 is 0 Å². The van der Waals surface area contributed by atoms with E-state index in [0.29, 0.717) is 35.5 Å². The van der Waals surface area contributed by atoms with Gasteiger partial charge in [-0.05, 0) is 50.7 Å². The Balaban J connectivity index is 1.29. The summed E-state index contributed by atoms with van der Waals surface area (Å²) in [6, 6.07) is 3.72. The smallest absolute Gasteiger partial charge is 0.254 e. The van der Waals surface area contributed by atoms with Crippen LogP contribution in [-0.2, 0) is 0 Å². The van der Waals surface area contributed by atoms with Crippen LogP contribution >= 0.6 is 0 Å². The fourth-order valence-electron chi connectivity index (χ4n) is 3.57. The van der Waals surface area contributed by atoms with Crippen molar-refractivity contribution in [3.05, 3.63) is 54.2 Å². The number of carbonyl (C=O) groups is 1. The molecule has 0 saturated heterocycles. The summed E-state index contributed by atoms with van der Waals surface area (Å²) in [5.41, 5.74) is 2.11. The fraction of sp³-hybridized carbons (Fsp3) is 0.400. The van der Waals surface area contributed by atoms with Crippen LogP contribution in [0.5, 0.6) is 0 Å². The van der Waals surface area contributed by atoms with Crippen molar-refractivity contribution in [2.24, 2.45) is 5.92 Å². The Hall–Kier alpha value is -3.16. The first-order valence-corrected chi connectivity index (χ1v) is 9.49. The molecular formula is C20H22N6O2. The highest BCUT2D eigenvalue weighted by Gasteiger charge is 2.27. The summed E-state index contributed by atoms with van der Waals surface area (Å²) in [7, 11) is 0. The van der Waals surface area contributed by atoms with Gasteiger partial charge in [-0.2, -0.15) is 0 Å². The Bertz CT molecular complexity index is 935. The van der Waals surface area contributed by atoms with Gasteiger partial charge in [0, 0.05) is 36.6 Å². The van der Waals surface area contributed by atoms with E-state index in [1.807, 2.05) is 19.1 Å². The SMILES string of the molecule is Cc1ncncc1C(=O)NCC1CCC(c2nnc(-c3ccncc3)o2)CC1. The summed E-state index contributed by atoms with van der Waals surface area (Å²) < 4.78 is 5.88. The van der Waals surface area contributed by atoms with Crippen LogP contribution in [0, 0.1) is 12.8 Å². The molecule has 0 unspecified atom stereocenters. The van der Waals surface area contributed by atoms with Crippen molar-refractivity contribution < 1.29 is 9.21 Å². The minimum absolute atomic E-state index is 0.112. The van der Waals surface area contributed by atoms with Crippen molar-refractivity contribution in [3.63, 3.8) is 0 Å². The zero-order valence-electron chi connectivity index (χ0n) is 15.7. The minimum atomic E-state index is -0.112. The largest absolute Gasteiger partial charge is 0.420 e. The predicted molar refractivity (Wildman–Crippen MR) is 101 cm³/mol. The molecule has 0 aromatic carbocycles. The Labute approximate surface area is 162 Å². The van der Waals surface area contributed by atoms with Crippen LogP contribution in [0.25, 0.3) is 11.5 Å². The molecule has 8 nitrogen and oxygen atoms in total. The summed E-state index contributed by atoms with van der Waals surface area (Å²) in [5, 5.41) is 11.4. The van der Waals surface area contributed by atoms with Gasteiger partial charge in [0.2, 0.25) is 11.8 Å². The molecule has 0 atom stereocenters. The third-order valence-electron chi connectivity index (χ3n) is 5.27. The van der Waals surface area contributed by atoms with Crippen LogP contribution in [0.15, 0.2) is 41.5 Å². The van der Waals surface area contributed by atoms with Crippen molar-refractivity contribution >= 4 is 5.91 Å². The second kappa shape index (κ2) is 8.24. The highest BCUT2D eigenvalue weighted by atomic mass is 16.4. The number of pyridine rings is 1. The van der Waals surface area contributed by atoms with Crippen molar-refractivity contribution in [2.45, 2.75) is 38.5 Å². The average molecular weight is 378 g/mol. The van der Waals surface area contributed by atoms with Crippen molar-refractivity contribution in [3.8, 4) is 11.5 Å². The highest BCUT2D eigenvalue weighted by Crippen LogP contribution is 2.35. The standard InChI is InChI=1S/C20H22N6O2/c1-13-17(11-22-12-24-13)18(27)23-10-14-2-4-15(5-3-14)19-25-26-20(28-19)16-6-8-21-9-7-16/h6-9,11-12,14-15H,2-5,10H2,1H3,(H,23,27). The van der Waals surface area contributed by atoms with E-state index in [2.05, 4.69) is 30.5 Å². The normalized spacial score (nSPS) is 19.3. The molecule has 0 bridgehead atoms. The molecular weight excluding hydrogens is 356 g/mol.